The molecule has 1 aliphatic heterocycles. The Labute approximate surface area is 171 Å². The number of ether oxygens (including phenoxy) is 2. The molecule has 0 spiro atoms. The SMILES string of the molecule is COc1ccc(-c2nc(CN3CCCCC3c3ccccn3)c(C)o2)c(OC)c1. The van der Waals surface area contributed by atoms with Crippen LogP contribution in [0.4, 0.5) is 0 Å². The fourth-order valence-electron chi connectivity index (χ4n) is 3.95. The highest BCUT2D eigenvalue weighted by Crippen LogP contribution is 2.35. The number of hydrogen-bond acceptors (Lipinski definition) is 6. The van der Waals surface area contributed by atoms with E-state index in [1.807, 2.05) is 37.4 Å². The van der Waals surface area contributed by atoms with Crippen LogP contribution in [0.5, 0.6) is 11.5 Å². The average molecular weight is 393 g/mol. The standard InChI is InChI=1S/C23H27N3O3/c1-16-20(15-26-13-7-5-9-21(26)19-8-4-6-12-24-19)25-23(29-16)18-11-10-17(27-2)14-22(18)28-3/h4,6,8,10-12,14,21H,5,7,9,13,15H2,1-3H3. The van der Waals surface area contributed by atoms with E-state index in [-0.39, 0.29) is 0 Å². The lowest BCUT2D eigenvalue weighted by molar-refractivity contribution is 0.135. The molecule has 4 rings (SSSR count). The van der Waals surface area contributed by atoms with E-state index >= 15 is 0 Å². The van der Waals surface area contributed by atoms with E-state index in [4.69, 9.17) is 18.9 Å². The van der Waals surface area contributed by atoms with E-state index in [0.29, 0.717) is 17.7 Å². The smallest absolute Gasteiger partial charge is 0.230 e. The maximum absolute atomic E-state index is 6.02. The lowest BCUT2D eigenvalue weighted by atomic mass is 9.98. The van der Waals surface area contributed by atoms with Crippen LogP contribution in [0.15, 0.2) is 47.0 Å². The molecule has 0 amide bonds. The fraction of sp³-hybridized carbons (Fsp3) is 0.391. The molecule has 3 heterocycles. The van der Waals surface area contributed by atoms with Gasteiger partial charge in [0.2, 0.25) is 5.89 Å². The zero-order chi connectivity index (χ0) is 20.2. The van der Waals surface area contributed by atoms with Crippen molar-refractivity contribution < 1.29 is 13.9 Å². The van der Waals surface area contributed by atoms with Crippen molar-refractivity contribution >= 4 is 0 Å². The maximum atomic E-state index is 6.02. The molecule has 1 fully saturated rings. The summed E-state index contributed by atoms with van der Waals surface area (Å²) in [5.41, 5.74) is 2.91. The maximum Gasteiger partial charge on any atom is 0.230 e. The van der Waals surface area contributed by atoms with E-state index in [1.165, 1.54) is 12.8 Å². The first kappa shape index (κ1) is 19.5. The summed E-state index contributed by atoms with van der Waals surface area (Å²) in [6, 6.07) is 12.1. The van der Waals surface area contributed by atoms with E-state index in [9.17, 15) is 0 Å². The Bertz CT molecular complexity index is 955. The Morgan fingerprint density at radius 2 is 2.03 bits per heavy atom. The van der Waals surface area contributed by atoms with E-state index in [2.05, 4.69) is 22.0 Å². The van der Waals surface area contributed by atoms with Crippen LogP contribution in [0.1, 0.15) is 42.5 Å². The van der Waals surface area contributed by atoms with E-state index in [1.54, 1.807) is 14.2 Å². The number of hydrogen-bond donors (Lipinski definition) is 0. The molecule has 1 saturated heterocycles. The van der Waals surface area contributed by atoms with Crippen molar-refractivity contribution in [1.82, 2.24) is 14.9 Å². The van der Waals surface area contributed by atoms with Gasteiger partial charge in [0.15, 0.2) is 0 Å². The number of aromatic nitrogens is 2. The van der Waals surface area contributed by atoms with Crippen molar-refractivity contribution in [3.05, 3.63) is 59.7 Å². The van der Waals surface area contributed by atoms with Crippen molar-refractivity contribution in [2.45, 2.75) is 38.8 Å². The minimum absolute atomic E-state index is 0.319. The van der Waals surface area contributed by atoms with Gasteiger partial charge < -0.3 is 13.9 Å². The molecule has 0 saturated carbocycles. The van der Waals surface area contributed by atoms with Crippen molar-refractivity contribution in [2.24, 2.45) is 0 Å². The Hall–Kier alpha value is -2.86. The normalized spacial score (nSPS) is 17.3. The molecule has 1 atom stereocenters. The zero-order valence-corrected chi connectivity index (χ0v) is 17.2. The number of nitrogens with zero attached hydrogens (tertiary/aromatic N) is 3. The van der Waals surface area contributed by atoms with Crippen molar-refractivity contribution in [1.29, 1.82) is 0 Å². The summed E-state index contributed by atoms with van der Waals surface area (Å²) >= 11 is 0. The molecular formula is C23H27N3O3. The van der Waals surface area contributed by atoms with Gasteiger partial charge in [0.1, 0.15) is 17.3 Å². The number of oxazole rings is 1. The van der Waals surface area contributed by atoms with Crippen LogP contribution in [-0.2, 0) is 6.54 Å². The monoisotopic (exact) mass is 393 g/mol. The summed E-state index contributed by atoms with van der Waals surface area (Å²) in [7, 11) is 3.28. The lowest BCUT2D eigenvalue weighted by Gasteiger charge is -2.34. The van der Waals surface area contributed by atoms with E-state index < -0.39 is 0 Å². The first-order valence-corrected chi connectivity index (χ1v) is 10.0. The number of aryl methyl sites for hydroxylation is 1. The van der Waals surface area contributed by atoms with Gasteiger partial charge in [-0.15, -0.1) is 0 Å². The first-order chi connectivity index (χ1) is 14.2. The topological polar surface area (TPSA) is 60.6 Å². The predicted octanol–water partition coefficient (Wildman–Crippen LogP) is 4.79. The number of benzene rings is 1. The highest BCUT2D eigenvalue weighted by atomic mass is 16.5. The minimum atomic E-state index is 0.319. The molecule has 6 nitrogen and oxygen atoms in total. The molecule has 0 radical (unpaired) electrons. The second-order valence-electron chi connectivity index (χ2n) is 7.32. The second-order valence-corrected chi connectivity index (χ2v) is 7.32. The largest absolute Gasteiger partial charge is 0.497 e. The van der Waals surface area contributed by atoms with E-state index in [0.717, 1.165) is 48.0 Å². The van der Waals surface area contributed by atoms with Crippen LogP contribution in [0.2, 0.25) is 0 Å². The molecule has 6 heteroatoms. The molecule has 1 aromatic carbocycles. The van der Waals surface area contributed by atoms with Crippen LogP contribution < -0.4 is 9.47 Å². The van der Waals surface area contributed by atoms with Gasteiger partial charge in [-0.1, -0.05) is 12.5 Å². The van der Waals surface area contributed by atoms with Crippen molar-refractivity contribution in [3.8, 4) is 23.0 Å². The van der Waals surface area contributed by atoms with Crippen LogP contribution in [0, 0.1) is 6.92 Å². The number of rotatable bonds is 6. The molecule has 0 aliphatic carbocycles. The third kappa shape index (κ3) is 4.12. The molecule has 1 aliphatic rings. The third-order valence-electron chi connectivity index (χ3n) is 5.53. The molecule has 29 heavy (non-hydrogen) atoms. The van der Waals surface area contributed by atoms with Gasteiger partial charge in [-0.05, 0) is 50.6 Å². The highest BCUT2D eigenvalue weighted by Gasteiger charge is 2.27. The van der Waals surface area contributed by atoms with Crippen LogP contribution in [0.25, 0.3) is 11.5 Å². The van der Waals surface area contributed by atoms with Crippen LogP contribution in [0.3, 0.4) is 0 Å². The lowest BCUT2D eigenvalue weighted by Crippen LogP contribution is -2.33. The van der Waals surface area contributed by atoms with Gasteiger partial charge >= 0.3 is 0 Å². The van der Waals surface area contributed by atoms with Crippen LogP contribution >= 0.6 is 0 Å². The summed E-state index contributed by atoms with van der Waals surface area (Å²) in [4.78, 5) is 11.9. The van der Waals surface area contributed by atoms with Gasteiger partial charge in [0.05, 0.1) is 37.2 Å². The predicted molar refractivity (Wildman–Crippen MR) is 111 cm³/mol. The van der Waals surface area contributed by atoms with Gasteiger partial charge in [-0.3, -0.25) is 9.88 Å². The molecule has 3 aromatic rings. The summed E-state index contributed by atoms with van der Waals surface area (Å²) in [6.07, 6.45) is 5.41. The molecular weight excluding hydrogens is 366 g/mol. The van der Waals surface area contributed by atoms with Gasteiger partial charge in [0.25, 0.3) is 0 Å². The highest BCUT2D eigenvalue weighted by molar-refractivity contribution is 5.65. The van der Waals surface area contributed by atoms with Crippen molar-refractivity contribution in [2.75, 3.05) is 20.8 Å². The summed E-state index contributed by atoms with van der Waals surface area (Å²) in [6.45, 7) is 3.76. The number of likely N-dealkylation sites (tertiary alicyclic amines) is 1. The zero-order valence-electron chi connectivity index (χ0n) is 17.2. The summed E-state index contributed by atoms with van der Waals surface area (Å²) < 4.78 is 16.8. The molecule has 0 bridgehead atoms. The Morgan fingerprint density at radius 3 is 2.79 bits per heavy atom. The Morgan fingerprint density at radius 1 is 1.14 bits per heavy atom. The molecule has 152 valence electrons. The number of methoxy groups -OCH3 is 2. The number of piperidine rings is 1. The molecule has 2 aromatic heterocycles. The van der Waals surface area contributed by atoms with Crippen molar-refractivity contribution in [3.63, 3.8) is 0 Å². The Balaban J connectivity index is 1.60. The summed E-state index contributed by atoms with van der Waals surface area (Å²) in [5, 5.41) is 0. The minimum Gasteiger partial charge on any atom is -0.497 e. The summed E-state index contributed by atoms with van der Waals surface area (Å²) in [5.74, 6) is 2.83. The first-order valence-electron chi connectivity index (χ1n) is 10.0. The van der Waals surface area contributed by atoms with Crippen LogP contribution in [-0.4, -0.2) is 35.6 Å². The second kappa shape index (κ2) is 8.66. The fourth-order valence-corrected chi connectivity index (χ4v) is 3.95. The van der Waals surface area contributed by atoms with Gasteiger partial charge in [-0.2, -0.15) is 0 Å². The van der Waals surface area contributed by atoms with Gasteiger partial charge in [0, 0.05) is 18.8 Å². The van der Waals surface area contributed by atoms with Gasteiger partial charge in [-0.25, -0.2) is 4.98 Å². The number of pyridine rings is 1. The quantitative estimate of drug-likeness (QED) is 0.600. The third-order valence-corrected chi connectivity index (χ3v) is 5.53. The molecule has 1 unspecified atom stereocenters. The molecule has 0 N–H and O–H groups in total. The Kier molecular flexibility index (Phi) is 5.81. The average Bonchev–Trinajstić information content (AvgIpc) is 3.14.